The Hall–Kier alpha value is -0.240. The van der Waals surface area contributed by atoms with Gasteiger partial charge < -0.3 is 4.90 Å². The van der Waals surface area contributed by atoms with Crippen molar-refractivity contribution in [1.82, 2.24) is 4.90 Å². The highest BCUT2D eigenvalue weighted by molar-refractivity contribution is 6.20. The maximum absolute atomic E-state index is 13.3. The number of hydrogen-bond donors (Lipinski definition) is 0. The molecular weight excluding hydrogens is 270 g/mol. The van der Waals surface area contributed by atoms with Gasteiger partial charge in [0.1, 0.15) is 0 Å². The summed E-state index contributed by atoms with van der Waals surface area (Å²) in [6.45, 7) is 4.51. The number of nitrogens with zero attached hydrogens (tertiary/aromatic N) is 1. The van der Waals surface area contributed by atoms with E-state index in [0.717, 1.165) is 32.1 Å². The molecule has 0 aromatic heterocycles. The van der Waals surface area contributed by atoms with E-state index in [0.29, 0.717) is 29.3 Å². The van der Waals surface area contributed by atoms with E-state index in [-0.39, 0.29) is 5.41 Å². The third-order valence-electron chi connectivity index (χ3n) is 5.72. The second-order valence-electron chi connectivity index (χ2n) is 7.75. The molecule has 2 bridgehead atoms. The zero-order chi connectivity index (χ0) is 14.3. The van der Waals surface area contributed by atoms with E-state index in [1.165, 1.54) is 25.7 Å². The summed E-state index contributed by atoms with van der Waals surface area (Å²) in [7, 11) is 0. The van der Waals surface area contributed by atoms with Crippen LogP contribution in [0.3, 0.4) is 0 Å². The van der Waals surface area contributed by atoms with E-state index < -0.39 is 0 Å². The average Bonchev–Trinajstić information content (AvgIpc) is 2.93. The predicted molar refractivity (Wildman–Crippen MR) is 82.9 cm³/mol. The molecular formula is C17H28ClNO. The molecule has 0 radical (unpaired) electrons. The first-order valence-corrected chi connectivity index (χ1v) is 8.92. The van der Waals surface area contributed by atoms with E-state index in [1.54, 1.807) is 0 Å². The summed E-state index contributed by atoms with van der Waals surface area (Å²) in [6.07, 6.45) is 10.2. The largest absolute Gasteiger partial charge is 0.336 e. The Morgan fingerprint density at radius 3 is 2.25 bits per heavy atom. The second kappa shape index (κ2) is 5.51. The lowest BCUT2D eigenvalue weighted by Crippen LogP contribution is -2.52. The molecule has 1 saturated carbocycles. The Morgan fingerprint density at radius 2 is 1.75 bits per heavy atom. The topological polar surface area (TPSA) is 20.3 Å². The van der Waals surface area contributed by atoms with Crippen LogP contribution in [0.25, 0.3) is 0 Å². The highest BCUT2D eigenvalue weighted by atomic mass is 35.5. The van der Waals surface area contributed by atoms with Gasteiger partial charge in [0.2, 0.25) is 5.91 Å². The highest BCUT2D eigenvalue weighted by Gasteiger charge is 2.50. The SMILES string of the molecule is CC(C)CC1(C(=O)N2C3CCC2CC(Cl)C3)CCCC1. The minimum atomic E-state index is -0.0336. The number of piperidine rings is 1. The monoisotopic (exact) mass is 297 g/mol. The predicted octanol–water partition coefficient (Wildman–Crippen LogP) is 4.35. The number of halogens is 1. The lowest BCUT2D eigenvalue weighted by Gasteiger charge is -2.43. The molecule has 0 N–H and O–H groups in total. The van der Waals surface area contributed by atoms with Crippen LogP contribution in [0.5, 0.6) is 0 Å². The van der Waals surface area contributed by atoms with Gasteiger partial charge >= 0.3 is 0 Å². The Kier molecular flexibility index (Phi) is 4.05. The van der Waals surface area contributed by atoms with Crippen LogP contribution in [0.1, 0.15) is 71.6 Å². The van der Waals surface area contributed by atoms with Crippen molar-refractivity contribution in [2.45, 2.75) is 89.1 Å². The van der Waals surface area contributed by atoms with Crippen LogP contribution in [0, 0.1) is 11.3 Å². The molecule has 1 amide bonds. The molecule has 114 valence electrons. The first-order chi connectivity index (χ1) is 9.52. The quantitative estimate of drug-likeness (QED) is 0.709. The summed E-state index contributed by atoms with van der Waals surface area (Å²) in [4.78, 5) is 15.6. The minimum Gasteiger partial charge on any atom is -0.336 e. The summed E-state index contributed by atoms with van der Waals surface area (Å²) in [6, 6.07) is 0.877. The van der Waals surface area contributed by atoms with Crippen LogP contribution in [-0.4, -0.2) is 28.3 Å². The van der Waals surface area contributed by atoms with Gasteiger partial charge in [-0.05, 0) is 50.9 Å². The molecule has 2 nitrogen and oxygen atoms in total. The van der Waals surface area contributed by atoms with Gasteiger partial charge in [-0.25, -0.2) is 0 Å². The average molecular weight is 298 g/mol. The van der Waals surface area contributed by atoms with E-state index >= 15 is 0 Å². The molecule has 3 heteroatoms. The molecule has 0 aromatic rings. The van der Waals surface area contributed by atoms with Gasteiger partial charge in [-0.15, -0.1) is 11.6 Å². The summed E-state index contributed by atoms with van der Waals surface area (Å²) >= 11 is 6.36. The first-order valence-electron chi connectivity index (χ1n) is 8.49. The fourth-order valence-corrected chi connectivity index (χ4v) is 5.47. The van der Waals surface area contributed by atoms with Crippen LogP contribution < -0.4 is 0 Å². The first kappa shape index (κ1) is 14.7. The molecule has 2 unspecified atom stereocenters. The molecule has 20 heavy (non-hydrogen) atoms. The van der Waals surface area contributed by atoms with Crippen LogP contribution in [0.15, 0.2) is 0 Å². The van der Waals surface area contributed by atoms with Crippen molar-refractivity contribution in [2.75, 3.05) is 0 Å². The molecule has 0 spiro atoms. The van der Waals surface area contributed by atoms with Crippen LogP contribution >= 0.6 is 11.6 Å². The van der Waals surface area contributed by atoms with E-state index in [2.05, 4.69) is 18.7 Å². The van der Waals surface area contributed by atoms with Gasteiger partial charge in [0.05, 0.1) is 0 Å². The number of rotatable bonds is 3. The van der Waals surface area contributed by atoms with E-state index in [1.807, 2.05) is 0 Å². The van der Waals surface area contributed by atoms with Gasteiger partial charge in [-0.3, -0.25) is 4.79 Å². The van der Waals surface area contributed by atoms with Crippen molar-refractivity contribution in [1.29, 1.82) is 0 Å². The van der Waals surface area contributed by atoms with Crippen molar-refractivity contribution < 1.29 is 4.79 Å². The third-order valence-corrected chi connectivity index (χ3v) is 6.08. The van der Waals surface area contributed by atoms with Gasteiger partial charge in [-0.1, -0.05) is 26.7 Å². The highest BCUT2D eigenvalue weighted by Crippen LogP contribution is 2.48. The molecule has 2 atom stereocenters. The Bertz CT molecular complexity index is 361. The molecule has 0 aromatic carbocycles. The molecule has 2 heterocycles. The normalized spacial score (nSPS) is 35.8. The number of alkyl halides is 1. The van der Waals surface area contributed by atoms with Crippen LogP contribution in [-0.2, 0) is 4.79 Å². The third kappa shape index (κ3) is 2.49. The minimum absolute atomic E-state index is 0.0336. The van der Waals surface area contributed by atoms with Crippen molar-refractivity contribution in [3.63, 3.8) is 0 Å². The van der Waals surface area contributed by atoms with Crippen LogP contribution in [0.2, 0.25) is 0 Å². The Balaban J connectivity index is 1.80. The lowest BCUT2D eigenvalue weighted by molar-refractivity contribution is -0.147. The zero-order valence-electron chi connectivity index (χ0n) is 12.9. The number of carbonyl (C=O) groups excluding carboxylic acids is 1. The zero-order valence-corrected chi connectivity index (χ0v) is 13.7. The number of carbonyl (C=O) groups is 1. The van der Waals surface area contributed by atoms with Gasteiger partial charge in [-0.2, -0.15) is 0 Å². The van der Waals surface area contributed by atoms with Gasteiger partial charge in [0, 0.05) is 22.9 Å². The Morgan fingerprint density at radius 1 is 1.20 bits per heavy atom. The number of hydrogen-bond acceptors (Lipinski definition) is 1. The smallest absolute Gasteiger partial charge is 0.229 e. The maximum atomic E-state index is 13.3. The number of fused-ring (bicyclic) bond motifs is 2. The number of amides is 1. The van der Waals surface area contributed by atoms with Crippen LogP contribution in [0.4, 0.5) is 0 Å². The van der Waals surface area contributed by atoms with Crippen molar-refractivity contribution in [2.24, 2.45) is 11.3 Å². The molecule has 3 fully saturated rings. The van der Waals surface area contributed by atoms with E-state index in [4.69, 9.17) is 11.6 Å². The second-order valence-corrected chi connectivity index (χ2v) is 8.37. The molecule has 2 aliphatic heterocycles. The Labute approximate surface area is 128 Å². The molecule has 1 aliphatic carbocycles. The van der Waals surface area contributed by atoms with Crippen molar-refractivity contribution in [3.05, 3.63) is 0 Å². The summed E-state index contributed by atoms with van der Waals surface area (Å²) in [5.41, 5.74) is -0.0336. The lowest BCUT2D eigenvalue weighted by atomic mass is 9.76. The fraction of sp³-hybridized carbons (Fsp3) is 0.941. The summed E-state index contributed by atoms with van der Waals surface area (Å²) in [5, 5.41) is 0.293. The van der Waals surface area contributed by atoms with E-state index in [9.17, 15) is 4.79 Å². The standard InChI is InChI=1S/C17H28ClNO/c1-12(2)11-17(7-3-4-8-17)16(20)19-14-5-6-15(19)10-13(18)9-14/h12-15H,3-11H2,1-2H3. The van der Waals surface area contributed by atoms with Gasteiger partial charge in [0.25, 0.3) is 0 Å². The molecule has 2 saturated heterocycles. The van der Waals surface area contributed by atoms with Gasteiger partial charge in [0.15, 0.2) is 0 Å². The maximum Gasteiger partial charge on any atom is 0.229 e. The summed E-state index contributed by atoms with van der Waals surface area (Å²) in [5.74, 6) is 1.10. The molecule has 3 rings (SSSR count). The summed E-state index contributed by atoms with van der Waals surface area (Å²) < 4.78 is 0. The van der Waals surface area contributed by atoms with Crippen molar-refractivity contribution in [3.8, 4) is 0 Å². The molecule has 3 aliphatic rings. The fourth-order valence-electron chi connectivity index (χ4n) is 5.05. The van der Waals surface area contributed by atoms with Crippen molar-refractivity contribution >= 4 is 17.5 Å².